The number of hydrogen-bond donors (Lipinski definition) is 2. The predicted octanol–water partition coefficient (Wildman–Crippen LogP) is 3.90. The van der Waals surface area contributed by atoms with Crippen LogP contribution in [-0.4, -0.2) is 29.8 Å². The molecule has 1 heterocycles. The Morgan fingerprint density at radius 2 is 1.84 bits per heavy atom. The van der Waals surface area contributed by atoms with Gasteiger partial charge in [0.05, 0.1) is 10.6 Å². The molecule has 0 spiro atoms. The molecule has 12 heteroatoms. The third-order valence-corrected chi connectivity index (χ3v) is 4.96. The van der Waals surface area contributed by atoms with E-state index in [1.165, 1.54) is 60.4 Å². The number of carbonyl (C=O) groups is 1. The maximum Gasteiger partial charge on any atom is 0.573 e. The summed E-state index contributed by atoms with van der Waals surface area (Å²) >= 11 is 1.20. The largest absolute Gasteiger partial charge is 0.573 e. The molecular formula is C20H14BF4MnN2O3S. The smallest absolute Gasteiger partial charge is 0.450 e. The van der Waals surface area contributed by atoms with Gasteiger partial charge < -0.3 is 15.1 Å². The molecule has 2 aromatic carbocycles. The maximum absolute atomic E-state index is 12.9. The number of carbonyl (C=O) groups excluding carboxylic acids is 1. The zero-order valence-electron chi connectivity index (χ0n) is 16.1. The van der Waals surface area contributed by atoms with Crippen LogP contribution in [0.25, 0.3) is 0 Å². The minimum Gasteiger partial charge on any atom is -0.450 e. The van der Waals surface area contributed by atoms with E-state index in [4.69, 9.17) is 0 Å². The Kier molecular flexibility index (Phi) is 9.14. The van der Waals surface area contributed by atoms with Crippen molar-refractivity contribution in [1.29, 1.82) is 0 Å². The number of ether oxygens (including phenoxy) is 1. The van der Waals surface area contributed by atoms with Crippen LogP contribution in [0, 0.1) is 5.82 Å². The molecule has 166 valence electrons. The summed E-state index contributed by atoms with van der Waals surface area (Å²) in [4.78, 5) is 16.4. The molecular weight excluding hydrogens is 490 g/mol. The molecule has 2 N–H and O–H groups in total. The number of halogens is 4. The van der Waals surface area contributed by atoms with Gasteiger partial charge >= 0.3 is 13.8 Å². The molecule has 0 aliphatic carbocycles. The van der Waals surface area contributed by atoms with E-state index in [2.05, 4.69) is 15.0 Å². The van der Waals surface area contributed by atoms with Crippen molar-refractivity contribution in [3.63, 3.8) is 0 Å². The first-order chi connectivity index (χ1) is 14.7. The molecule has 0 aliphatic rings. The summed E-state index contributed by atoms with van der Waals surface area (Å²) in [5, 5.41) is 12.4. The number of nitrogens with zero attached hydrogens (tertiary/aromatic N) is 1. The summed E-state index contributed by atoms with van der Waals surface area (Å²) in [6.45, 7) is 0. The molecule has 3 rings (SSSR count). The fourth-order valence-corrected chi connectivity index (χ4v) is 3.36. The Bertz CT molecular complexity index is 1050. The van der Waals surface area contributed by atoms with Gasteiger partial charge in [0.25, 0.3) is 5.91 Å². The van der Waals surface area contributed by atoms with Crippen molar-refractivity contribution in [2.24, 2.45) is 0 Å². The van der Waals surface area contributed by atoms with Gasteiger partial charge in [-0.05, 0) is 59.6 Å². The molecule has 32 heavy (non-hydrogen) atoms. The van der Waals surface area contributed by atoms with Crippen LogP contribution in [0.4, 0.5) is 23.2 Å². The van der Waals surface area contributed by atoms with Gasteiger partial charge in [-0.2, -0.15) is 0 Å². The van der Waals surface area contributed by atoms with Crippen molar-refractivity contribution in [2.45, 2.75) is 17.1 Å². The van der Waals surface area contributed by atoms with Gasteiger partial charge in [0.1, 0.15) is 11.6 Å². The molecule has 1 aromatic heterocycles. The predicted molar refractivity (Wildman–Crippen MR) is 109 cm³/mol. The number of amides is 1. The summed E-state index contributed by atoms with van der Waals surface area (Å²) < 4.78 is 54.1. The van der Waals surface area contributed by atoms with Gasteiger partial charge in [-0.3, -0.25) is 4.79 Å². The second kappa shape index (κ2) is 11.4. The quantitative estimate of drug-likeness (QED) is 0.290. The van der Waals surface area contributed by atoms with Crippen LogP contribution < -0.4 is 15.5 Å². The second-order valence-electron chi connectivity index (χ2n) is 6.17. The van der Waals surface area contributed by atoms with Crippen LogP contribution in [0.15, 0.2) is 65.8 Å². The molecule has 5 nitrogen and oxygen atoms in total. The van der Waals surface area contributed by atoms with Gasteiger partial charge in [0.15, 0.2) is 0 Å². The number of hydrogen-bond acceptors (Lipinski definition) is 5. The minimum absolute atomic E-state index is 0. The van der Waals surface area contributed by atoms with Crippen LogP contribution >= 0.6 is 11.8 Å². The van der Waals surface area contributed by atoms with E-state index in [9.17, 15) is 27.4 Å². The second-order valence-corrected chi connectivity index (χ2v) is 7.17. The number of anilines is 1. The van der Waals surface area contributed by atoms with Gasteiger partial charge in [-0.15, -0.1) is 24.9 Å². The summed E-state index contributed by atoms with van der Waals surface area (Å²) in [5.74, 6) is -1.03. The number of alkyl halides is 3. The Morgan fingerprint density at radius 1 is 1.12 bits per heavy atom. The first kappa shape index (κ1) is 25.7. The first-order valence-electron chi connectivity index (χ1n) is 8.75. The topological polar surface area (TPSA) is 71.5 Å². The molecule has 0 aliphatic heterocycles. The fourth-order valence-electron chi connectivity index (χ4n) is 2.52. The van der Waals surface area contributed by atoms with Crippen LogP contribution in [0.3, 0.4) is 0 Å². The number of benzene rings is 2. The average molecular weight is 504 g/mol. The summed E-state index contributed by atoms with van der Waals surface area (Å²) in [6, 6.07) is 12.0. The van der Waals surface area contributed by atoms with Gasteiger partial charge in [0.2, 0.25) is 0 Å². The Hall–Kier alpha value is -2.53. The first-order valence-corrected chi connectivity index (χ1v) is 9.74. The third kappa shape index (κ3) is 7.56. The number of pyridine rings is 1. The molecule has 0 unspecified atom stereocenters. The van der Waals surface area contributed by atoms with Crippen molar-refractivity contribution in [1.82, 2.24) is 4.98 Å². The Morgan fingerprint density at radius 3 is 2.44 bits per heavy atom. The van der Waals surface area contributed by atoms with Crippen molar-refractivity contribution < 1.29 is 49.2 Å². The Labute approximate surface area is 196 Å². The molecule has 0 saturated carbocycles. The summed E-state index contributed by atoms with van der Waals surface area (Å²) in [6.07, 6.45) is -3.47. The van der Waals surface area contributed by atoms with E-state index in [-0.39, 0.29) is 28.4 Å². The number of nitrogens with one attached hydrogen (secondary N) is 1. The van der Waals surface area contributed by atoms with Gasteiger partial charge in [-0.25, -0.2) is 9.37 Å². The molecule has 0 saturated heterocycles. The minimum atomic E-state index is -4.82. The monoisotopic (exact) mass is 504 g/mol. The number of rotatable bonds is 7. The van der Waals surface area contributed by atoms with E-state index in [0.717, 1.165) is 13.5 Å². The maximum atomic E-state index is 12.9. The van der Waals surface area contributed by atoms with E-state index in [0.29, 0.717) is 21.7 Å². The molecule has 2 radical (unpaired) electrons. The van der Waals surface area contributed by atoms with E-state index in [1.54, 1.807) is 6.07 Å². The van der Waals surface area contributed by atoms with Gasteiger partial charge in [0, 0.05) is 34.7 Å². The van der Waals surface area contributed by atoms with E-state index < -0.39 is 23.8 Å². The fraction of sp³-hybridized carbons (Fsp3) is 0.100. The number of aromatic nitrogens is 1. The van der Waals surface area contributed by atoms with Crippen LogP contribution in [0.5, 0.6) is 5.75 Å². The van der Waals surface area contributed by atoms with Gasteiger partial charge in [-0.1, -0.05) is 6.07 Å². The standard InChI is InChI=1S/C20H14BF4N2O3S.Mn/c22-14-2-4-15(5-3-14)27-19(28)12-1-8-18(26-10-12)31-11-13-9-16(30-20(23,24)25)6-7-17(13)21-29;/h1-10,29H,11H2,(H,27,28);. The van der Waals surface area contributed by atoms with Crippen molar-refractivity contribution in [3.8, 4) is 5.75 Å². The molecule has 0 bridgehead atoms. The molecule has 0 fully saturated rings. The zero-order chi connectivity index (χ0) is 22.4. The zero-order valence-corrected chi connectivity index (χ0v) is 18.1. The summed E-state index contributed by atoms with van der Waals surface area (Å²) in [7, 11) is 0.795. The van der Waals surface area contributed by atoms with Crippen LogP contribution in [-0.2, 0) is 22.8 Å². The summed E-state index contributed by atoms with van der Waals surface area (Å²) in [5.41, 5.74) is 1.46. The normalized spacial score (nSPS) is 10.8. The molecule has 3 aromatic rings. The van der Waals surface area contributed by atoms with Crippen LogP contribution in [0.2, 0.25) is 0 Å². The van der Waals surface area contributed by atoms with E-state index in [1.807, 2.05) is 0 Å². The van der Waals surface area contributed by atoms with Crippen molar-refractivity contribution >= 4 is 36.3 Å². The molecule has 0 atom stereocenters. The molecule has 1 amide bonds. The average Bonchev–Trinajstić information content (AvgIpc) is 2.73. The van der Waals surface area contributed by atoms with Crippen LogP contribution in [0.1, 0.15) is 15.9 Å². The van der Waals surface area contributed by atoms with Crippen molar-refractivity contribution in [2.75, 3.05) is 5.32 Å². The van der Waals surface area contributed by atoms with E-state index >= 15 is 0 Å². The Balaban J connectivity index is 0.00000363. The third-order valence-electron chi connectivity index (χ3n) is 3.96. The van der Waals surface area contributed by atoms with Crippen molar-refractivity contribution in [3.05, 3.63) is 77.7 Å². The SMILES string of the molecule is O=C(Nc1ccc(F)cc1)c1ccc(SCc2cc(OC(F)(F)F)ccc2[B]O)nc1.[Mn]. The number of thioether (sulfide) groups is 1.